The number of aromatic nitrogens is 2. The molecule has 1 aromatic carbocycles. The summed E-state index contributed by atoms with van der Waals surface area (Å²) in [7, 11) is 0. The van der Waals surface area contributed by atoms with Crippen LogP contribution in [0.5, 0.6) is 0 Å². The normalized spacial score (nSPS) is 19.5. The number of aromatic amines is 1. The van der Waals surface area contributed by atoms with E-state index in [9.17, 15) is 14.4 Å². The number of carbonyl (C=O) groups is 3. The number of rotatable bonds is 4. The van der Waals surface area contributed by atoms with E-state index in [-0.39, 0.29) is 12.5 Å². The average molecular weight is 376 g/mol. The molecule has 28 heavy (non-hydrogen) atoms. The summed E-state index contributed by atoms with van der Waals surface area (Å²) >= 11 is 0. The van der Waals surface area contributed by atoms with Crippen molar-refractivity contribution in [3.8, 4) is 0 Å². The van der Waals surface area contributed by atoms with Crippen molar-refractivity contribution in [1.29, 1.82) is 0 Å². The summed E-state index contributed by atoms with van der Waals surface area (Å²) in [6.45, 7) is 2.71. The molecule has 1 aliphatic rings. The molecule has 7 nitrogen and oxygen atoms in total. The van der Waals surface area contributed by atoms with Crippen molar-refractivity contribution in [3.05, 3.63) is 66.0 Å². The number of hydrogen-bond acceptors (Lipinski definition) is 5. The van der Waals surface area contributed by atoms with E-state index in [0.717, 1.165) is 0 Å². The molecule has 2 aromatic heterocycles. The Bertz CT molecular complexity index is 1060. The Kier molecular flexibility index (Phi) is 4.52. The van der Waals surface area contributed by atoms with E-state index in [4.69, 9.17) is 0 Å². The van der Waals surface area contributed by atoms with Crippen molar-refractivity contribution in [2.24, 2.45) is 0 Å². The number of nitrogens with zero attached hydrogens (tertiary/aromatic N) is 2. The van der Waals surface area contributed by atoms with Crippen molar-refractivity contribution in [3.63, 3.8) is 0 Å². The van der Waals surface area contributed by atoms with Gasteiger partial charge in [0, 0.05) is 43.0 Å². The second-order valence-corrected chi connectivity index (χ2v) is 7.11. The van der Waals surface area contributed by atoms with Crippen LogP contribution in [0.4, 0.5) is 0 Å². The third-order valence-electron chi connectivity index (χ3n) is 5.12. The molecule has 0 saturated carbocycles. The highest BCUT2D eigenvalue weighted by Crippen LogP contribution is 2.21. The van der Waals surface area contributed by atoms with E-state index >= 15 is 0 Å². The van der Waals surface area contributed by atoms with Gasteiger partial charge in [-0.1, -0.05) is 18.2 Å². The third kappa shape index (κ3) is 3.10. The summed E-state index contributed by atoms with van der Waals surface area (Å²) in [6, 6.07) is 12.4. The Morgan fingerprint density at radius 1 is 1.11 bits per heavy atom. The first-order chi connectivity index (χ1) is 13.5. The van der Waals surface area contributed by atoms with Gasteiger partial charge < -0.3 is 15.2 Å². The molecule has 0 aliphatic carbocycles. The van der Waals surface area contributed by atoms with Crippen molar-refractivity contribution in [1.82, 2.24) is 20.2 Å². The van der Waals surface area contributed by atoms with E-state index in [1.165, 1.54) is 6.20 Å². The van der Waals surface area contributed by atoms with Crippen molar-refractivity contribution < 1.29 is 14.4 Å². The van der Waals surface area contributed by atoms with E-state index in [1.54, 1.807) is 54.4 Å². The summed E-state index contributed by atoms with van der Waals surface area (Å²) in [5, 5.41) is 3.74. The second-order valence-electron chi connectivity index (χ2n) is 7.11. The van der Waals surface area contributed by atoms with E-state index < -0.39 is 17.1 Å². The monoisotopic (exact) mass is 376 g/mol. The molecule has 0 bridgehead atoms. The molecular weight excluding hydrogens is 356 g/mol. The molecule has 1 atom stereocenters. The first kappa shape index (κ1) is 18.1. The number of Topliss-reactive ketones (excluding diaryl/α,β-unsaturated/α-hetero) is 2. The molecule has 7 heteroatoms. The zero-order valence-electron chi connectivity index (χ0n) is 15.4. The number of nitrogens with one attached hydrogen (secondary N) is 2. The Balaban J connectivity index is 1.58. The lowest BCUT2D eigenvalue weighted by Gasteiger charge is -2.40. The van der Waals surface area contributed by atoms with Crippen molar-refractivity contribution >= 4 is 28.5 Å². The average Bonchev–Trinajstić information content (AvgIpc) is 3.17. The highest BCUT2D eigenvalue weighted by atomic mass is 16.2. The first-order valence-electron chi connectivity index (χ1n) is 9.10. The molecule has 1 saturated heterocycles. The van der Waals surface area contributed by atoms with Gasteiger partial charge in [-0.2, -0.15) is 0 Å². The van der Waals surface area contributed by atoms with Gasteiger partial charge in [0.1, 0.15) is 11.2 Å². The molecule has 1 fully saturated rings. The topological polar surface area (TPSA) is 95.2 Å². The van der Waals surface area contributed by atoms with Gasteiger partial charge in [0.25, 0.3) is 5.91 Å². The Morgan fingerprint density at radius 3 is 2.68 bits per heavy atom. The van der Waals surface area contributed by atoms with Crippen LogP contribution in [0.15, 0.2) is 54.9 Å². The third-order valence-corrected chi connectivity index (χ3v) is 5.12. The van der Waals surface area contributed by atoms with E-state index in [0.29, 0.717) is 35.2 Å². The minimum Gasteiger partial charge on any atom is -0.345 e. The fourth-order valence-corrected chi connectivity index (χ4v) is 3.59. The van der Waals surface area contributed by atoms with Crippen LogP contribution in [-0.2, 0) is 4.79 Å². The minimum absolute atomic E-state index is 0.131. The number of ketones is 2. The Hall–Kier alpha value is -3.32. The smallest absolute Gasteiger partial charge is 0.253 e. The number of benzene rings is 1. The van der Waals surface area contributed by atoms with Gasteiger partial charge in [-0.3, -0.25) is 14.4 Å². The number of carbonyl (C=O) groups excluding carboxylic acids is 3. The predicted octanol–water partition coefficient (Wildman–Crippen LogP) is 1.82. The number of hydrogen-bond donors (Lipinski definition) is 2. The molecule has 0 unspecified atom stereocenters. The van der Waals surface area contributed by atoms with Gasteiger partial charge in [0.15, 0.2) is 0 Å². The highest BCUT2D eigenvalue weighted by molar-refractivity contribution is 6.48. The van der Waals surface area contributed by atoms with E-state index in [2.05, 4.69) is 15.3 Å². The zero-order valence-corrected chi connectivity index (χ0v) is 15.4. The molecule has 3 aromatic rings. The minimum atomic E-state index is -1.15. The summed E-state index contributed by atoms with van der Waals surface area (Å²) < 4.78 is 0. The fourth-order valence-electron chi connectivity index (χ4n) is 3.59. The lowest BCUT2D eigenvalue weighted by molar-refractivity contribution is -0.121. The lowest BCUT2D eigenvalue weighted by atomic mass is 9.88. The van der Waals surface area contributed by atoms with Crippen LogP contribution in [0, 0.1) is 0 Å². The maximum atomic E-state index is 13.1. The Labute approximate surface area is 161 Å². The van der Waals surface area contributed by atoms with Crippen molar-refractivity contribution in [2.75, 3.05) is 19.6 Å². The number of H-pyrrole nitrogens is 1. The largest absolute Gasteiger partial charge is 0.345 e. The molecule has 1 aliphatic heterocycles. The van der Waals surface area contributed by atoms with Crippen LogP contribution in [0.2, 0.25) is 0 Å². The molecule has 0 radical (unpaired) electrons. The standard InChI is InChI=1S/C21H20N4O3/c1-21(13-25(11-10-24-21)20(28)14-6-3-2-4-7-14)18(27)17(26)16-12-23-19-15(16)8-5-9-22-19/h2-9,12,24H,10-11,13H2,1H3,(H,22,23)/t21-/m1/s1. The van der Waals surface area contributed by atoms with Crippen LogP contribution < -0.4 is 5.32 Å². The van der Waals surface area contributed by atoms with Gasteiger partial charge >= 0.3 is 0 Å². The molecule has 4 rings (SSSR count). The molecule has 142 valence electrons. The van der Waals surface area contributed by atoms with Crippen LogP contribution in [0.3, 0.4) is 0 Å². The number of fused-ring (bicyclic) bond motifs is 1. The van der Waals surface area contributed by atoms with Gasteiger partial charge in [-0.25, -0.2) is 4.98 Å². The number of pyridine rings is 1. The van der Waals surface area contributed by atoms with Crippen molar-refractivity contribution in [2.45, 2.75) is 12.5 Å². The predicted molar refractivity (Wildman–Crippen MR) is 104 cm³/mol. The maximum absolute atomic E-state index is 13.1. The molecular formula is C21H20N4O3. The maximum Gasteiger partial charge on any atom is 0.253 e. The lowest BCUT2D eigenvalue weighted by Crippen LogP contribution is -2.65. The second kappa shape index (κ2) is 7.01. The fraction of sp³-hybridized carbons (Fsp3) is 0.238. The van der Waals surface area contributed by atoms with Crippen LogP contribution in [0.1, 0.15) is 27.6 Å². The summed E-state index contributed by atoms with van der Waals surface area (Å²) in [5.41, 5.74) is 0.267. The van der Waals surface area contributed by atoms with Gasteiger partial charge in [0.2, 0.25) is 11.6 Å². The quantitative estimate of drug-likeness (QED) is 0.535. The SMILES string of the molecule is C[C@]1(C(=O)C(=O)c2c[nH]c3ncccc23)CN(C(=O)c2ccccc2)CCN1. The number of amides is 1. The van der Waals surface area contributed by atoms with Gasteiger partial charge in [0.05, 0.1) is 5.56 Å². The molecule has 3 heterocycles. The first-order valence-corrected chi connectivity index (χ1v) is 9.10. The summed E-state index contributed by atoms with van der Waals surface area (Å²) in [6.07, 6.45) is 3.13. The zero-order chi connectivity index (χ0) is 19.7. The van der Waals surface area contributed by atoms with Crippen LogP contribution in [0.25, 0.3) is 11.0 Å². The summed E-state index contributed by atoms with van der Waals surface area (Å²) in [5.74, 6) is -1.31. The molecule has 0 spiro atoms. The molecule has 2 N–H and O–H groups in total. The number of piperazine rings is 1. The van der Waals surface area contributed by atoms with E-state index in [1.807, 2.05) is 6.07 Å². The summed E-state index contributed by atoms with van der Waals surface area (Å²) in [4.78, 5) is 47.5. The Morgan fingerprint density at radius 2 is 1.89 bits per heavy atom. The van der Waals surface area contributed by atoms with Crippen LogP contribution in [-0.4, -0.2) is 57.5 Å². The van der Waals surface area contributed by atoms with Crippen LogP contribution >= 0.6 is 0 Å². The molecule has 1 amide bonds. The van der Waals surface area contributed by atoms with Gasteiger partial charge in [-0.15, -0.1) is 0 Å². The van der Waals surface area contributed by atoms with Gasteiger partial charge in [-0.05, 0) is 31.2 Å². The highest BCUT2D eigenvalue weighted by Gasteiger charge is 2.43.